The van der Waals surface area contributed by atoms with E-state index in [9.17, 15) is 0 Å². The minimum atomic E-state index is 1.02. The van der Waals surface area contributed by atoms with E-state index in [1.54, 1.807) is 11.1 Å². The molecule has 0 radical (unpaired) electrons. The zero-order valence-electron chi connectivity index (χ0n) is 8.00. The van der Waals surface area contributed by atoms with Crippen molar-refractivity contribution in [3.8, 4) is 0 Å². The second-order valence-electron chi connectivity index (χ2n) is 4.63. The quantitative estimate of drug-likeness (QED) is 0.563. The van der Waals surface area contributed by atoms with Gasteiger partial charge in [-0.05, 0) is 48.6 Å². The van der Waals surface area contributed by atoms with Gasteiger partial charge in [-0.3, -0.25) is 0 Å². The number of hydrogen-bond acceptors (Lipinski definition) is 0. The molecule has 0 nitrogen and oxygen atoms in total. The maximum absolute atomic E-state index is 2.32. The van der Waals surface area contributed by atoms with Gasteiger partial charge in [0.25, 0.3) is 0 Å². The summed E-state index contributed by atoms with van der Waals surface area (Å²) in [6.45, 7) is 0. The van der Waals surface area contributed by atoms with Crippen LogP contribution in [0.4, 0.5) is 0 Å². The van der Waals surface area contributed by atoms with Gasteiger partial charge in [-0.15, -0.1) is 0 Å². The van der Waals surface area contributed by atoms with Crippen LogP contribution in [0.5, 0.6) is 0 Å². The van der Waals surface area contributed by atoms with Crippen LogP contribution < -0.4 is 0 Å². The van der Waals surface area contributed by atoms with Gasteiger partial charge in [-0.2, -0.15) is 0 Å². The first-order chi connectivity index (χ1) is 6.43. The minimum absolute atomic E-state index is 1.02. The Bertz CT molecular complexity index is 283. The highest BCUT2D eigenvalue weighted by Gasteiger charge is 2.31. The van der Waals surface area contributed by atoms with E-state index in [1.165, 1.54) is 32.1 Å². The van der Waals surface area contributed by atoms with E-state index >= 15 is 0 Å². The van der Waals surface area contributed by atoms with Gasteiger partial charge >= 0.3 is 0 Å². The highest BCUT2D eigenvalue weighted by molar-refractivity contribution is 5.30. The molecule has 3 rings (SSSR count). The molecule has 0 spiro atoms. The van der Waals surface area contributed by atoms with E-state index in [1.807, 2.05) is 0 Å². The standard InChI is InChI=1S/C13H16/c1-2-5-11-9-13-7-3-6-12(13)8-10(11)4-1/h1-2,4-5,12-13H,3,6-9H2. The van der Waals surface area contributed by atoms with Gasteiger partial charge in [0.05, 0.1) is 0 Å². The molecule has 0 N–H and O–H groups in total. The molecule has 2 aliphatic carbocycles. The summed E-state index contributed by atoms with van der Waals surface area (Å²) in [7, 11) is 0. The minimum Gasteiger partial charge on any atom is -0.0620 e. The largest absolute Gasteiger partial charge is 0.0620 e. The summed E-state index contributed by atoms with van der Waals surface area (Å²) in [5, 5.41) is 0. The van der Waals surface area contributed by atoms with Crippen LogP contribution in [0, 0.1) is 11.8 Å². The summed E-state index contributed by atoms with van der Waals surface area (Å²) in [6.07, 6.45) is 7.17. The summed E-state index contributed by atoms with van der Waals surface area (Å²) in [6, 6.07) is 9.02. The molecule has 0 amide bonds. The predicted octanol–water partition coefficient (Wildman–Crippen LogP) is 3.20. The molecule has 1 aromatic carbocycles. The van der Waals surface area contributed by atoms with Crippen molar-refractivity contribution < 1.29 is 0 Å². The zero-order chi connectivity index (χ0) is 8.67. The molecule has 0 aromatic heterocycles. The van der Waals surface area contributed by atoms with Crippen LogP contribution in [0.1, 0.15) is 30.4 Å². The second-order valence-corrected chi connectivity index (χ2v) is 4.63. The first kappa shape index (κ1) is 7.61. The first-order valence-corrected chi connectivity index (χ1v) is 5.50. The summed E-state index contributed by atoms with van der Waals surface area (Å²) >= 11 is 0. The Kier molecular flexibility index (Phi) is 1.68. The third-order valence-electron chi connectivity index (χ3n) is 3.90. The van der Waals surface area contributed by atoms with E-state index in [0.717, 1.165) is 11.8 Å². The van der Waals surface area contributed by atoms with Crippen LogP contribution in [0.2, 0.25) is 0 Å². The molecule has 1 fully saturated rings. The van der Waals surface area contributed by atoms with Crippen molar-refractivity contribution in [1.29, 1.82) is 0 Å². The fraction of sp³-hybridized carbons (Fsp3) is 0.538. The van der Waals surface area contributed by atoms with Crippen molar-refractivity contribution in [2.75, 3.05) is 0 Å². The molecule has 0 heterocycles. The highest BCUT2D eigenvalue weighted by atomic mass is 14.4. The van der Waals surface area contributed by atoms with Gasteiger partial charge in [0.2, 0.25) is 0 Å². The average Bonchev–Trinajstić information content (AvgIpc) is 2.61. The molecular formula is C13H16. The number of rotatable bonds is 0. The van der Waals surface area contributed by atoms with Gasteiger partial charge < -0.3 is 0 Å². The smallest absolute Gasteiger partial charge is 0.0245 e. The van der Waals surface area contributed by atoms with Crippen molar-refractivity contribution in [2.45, 2.75) is 32.1 Å². The Balaban J connectivity index is 1.97. The van der Waals surface area contributed by atoms with Crippen LogP contribution in [0.25, 0.3) is 0 Å². The van der Waals surface area contributed by atoms with E-state index in [2.05, 4.69) is 24.3 Å². The molecule has 1 saturated carbocycles. The Hall–Kier alpha value is -0.780. The average molecular weight is 172 g/mol. The van der Waals surface area contributed by atoms with Crippen molar-refractivity contribution in [2.24, 2.45) is 11.8 Å². The highest BCUT2D eigenvalue weighted by Crippen LogP contribution is 2.40. The van der Waals surface area contributed by atoms with Crippen LogP contribution in [-0.4, -0.2) is 0 Å². The fourth-order valence-electron chi connectivity index (χ4n) is 3.17. The van der Waals surface area contributed by atoms with E-state index in [-0.39, 0.29) is 0 Å². The molecule has 68 valence electrons. The Labute approximate surface area is 80.0 Å². The topological polar surface area (TPSA) is 0 Å². The molecule has 0 bridgehead atoms. The lowest BCUT2D eigenvalue weighted by molar-refractivity contribution is 0.361. The summed E-state index contributed by atoms with van der Waals surface area (Å²) in [4.78, 5) is 0. The lowest BCUT2D eigenvalue weighted by Crippen LogP contribution is -2.20. The Morgan fingerprint density at radius 3 is 1.92 bits per heavy atom. The fourth-order valence-corrected chi connectivity index (χ4v) is 3.17. The van der Waals surface area contributed by atoms with Crippen molar-refractivity contribution in [3.63, 3.8) is 0 Å². The molecule has 2 aliphatic rings. The molecule has 2 atom stereocenters. The molecule has 1 aromatic rings. The summed E-state index contributed by atoms with van der Waals surface area (Å²) in [5.74, 6) is 2.05. The summed E-state index contributed by atoms with van der Waals surface area (Å²) in [5.41, 5.74) is 3.26. The van der Waals surface area contributed by atoms with Crippen LogP contribution in [-0.2, 0) is 12.8 Å². The molecule has 0 heteroatoms. The maximum atomic E-state index is 2.32. The Morgan fingerprint density at radius 1 is 0.846 bits per heavy atom. The van der Waals surface area contributed by atoms with E-state index in [0.29, 0.717) is 0 Å². The summed E-state index contributed by atoms with van der Waals surface area (Å²) < 4.78 is 0. The van der Waals surface area contributed by atoms with Gasteiger partial charge in [0.15, 0.2) is 0 Å². The van der Waals surface area contributed by atoms with Gasteiger partial charge in [0.1, 0.15) is 0 Å². The molecule has 2 unspecified atom stereocenters. The SMILES string of the molecule is c1ccc2c(c1)CC1CCCC1C2. The number of benzene rings is 1. The lowest BCUT2D eigenvalue weighted by atomic mass is 9.78. The maximum Gasteiger partial charge on any atom is -0.0245 e. The Morgan fingerprint density at radius 2 is 1.38 bits per heavy atom. The molecule has 0 saturated heterocycles. The monoisotopic (exact) mass is 172 g/mol. The molecule has 13 heavy (non-hydrogen) atoms. The van der Waals surface area contributed by atoms with E-state index < -0.39 is 0 Å². The molecule has 0 aliphatic heterocycles. The zero-order valence-corrected chi connectivity index (χ0v) is 8.00. The van der Waals surface area contributed by atoms with Gasteiger partial charge in [-0.1, -0.05) is 30.7 Å². The van der Waals surface area contributed by atoms with Gasteiger partial charge in [-0.25, -0.2) is 0 Å². The van der Waals surface area contributed by atoms with Crippen molar-refractivity contribution in [3.05, 3.63) is 35.4 Å². The normalized spacial score (nSPS) is 31.1. The van der Waals surface area contributed by atoms with E-state index in [4.69, 9.17) is 0 Å². The second kappa shape index (κ2) is 2.87. The van der Waals surface area contributed by atoms with Crippen LogP contribution in [0.3, 0.4) is 0 Å². The predicted molar refractivity (Wildman–Crippen MR) is 54.7 cm³/mol. The number of hydrogen-bond donors (Lipinski definition) is 0. The van der Waals surface area contributed by atoms with Crippen LogP contribution in [0.15, 0.2) is 24.3 Å². The first-order valence-electron chi connectivity index (χ1n) is 5.50. The van der Waals surface area contributed by atoms with Crippen LogP contribution >= 0.6 is 0 Å². The third kappa shape index (κ3) is 1.20. The number of fused-ring (bicyclic) bond motifs is 2. The van der Waals surface area contributed by atoms with Gasteiger partial charge in [0, 0.05) is 0 Å². The molecular weight excluding hydrogens is 156 g/mol. The third-order valence-corrected chi connectivity index (χ3v) is 3.90. The lowest BCUT2D eigenvalue weighted by Gasteiger charge is -2.27. The van der Waals surface area contributed by atoms with Crippen molar-refractivity contribution in [1.82, 2.24) is 0 Å². The van der Waals surface area contributed by atoms with Crippen molar-refractivity contribution >= 4 is 0 Å².